The van der Waals surface area contributed by atoms with E-state index in [2.05, 4.69) is 0 Å². The lowest BCUT2D eigenvalue weighted by molar-refractivity contribution is -0.148. The normalized spacial score (nSPS) is 10.2. The summed E-state index contributed by atoms with van der Waals surface area (Å²) < 4.78 is 5.05. The van der Waals surface area contributed by atoms with Gasteiger partial charge >= 0.3 is 5.97 Å². The summed E-state index contributed by atoms with van der Waals surface area (Å²) in [5.74, 6) is -0.259. The summed E-state index contributed by atoms with van der Waals surface area (Å²) in [6.07, 6.45) is 0. The van der Waals surface area contributed by atoms with Crippen molar-refractivity contribution in [3.05, 3.63) is 29.8 Å². The molecule has 0 atom stereocenters. The number of carbonyl (C=O) groups is 1. The molecule has 1 aromatic rings. The van der Waals surface area contributed by atoms with Crippen molar-refractivity contribution in [3.63, 3.8) is 0 Å². The molecule has 14 heavy (non-hydrogen) atoms. The van der Waals surface area contributed by atoms with Crippen LogP contribution in [-0.4, -0.2) is 5.97 Å². The average Bonchev–Trinajstić information content (AvgIpc) is 2.16. The highest BCUT2D eigenvalue weighted by molar-refractivity contribution is 5.71. The largest absolute Gasteiger partial charge is 0.461 e. The van der Waals surface area contributed by atoms with Gasteiger partial charge < -0.3 is 10.5 Å². The number of carbonyl (C=O) groups excluding carboxylic acids is 1. The molecule has 2 N–H and O–H groups in total. The smallest absolute Gasteiger partial charge is 0.308 e. The first-order chi connectivity index (χ1) is 6.59. The predicted molar refractivity (Wildman–Crippen MR) is 55.5 cm³/mol. The van der Waals surface area contributed by atoms with E-state index >= 15 is 0 Å². The molecular weight excluding hydrogens is 178 g/mol. The Bertz CT molecular complexity index is 304. The molecule has 0 amide bonds. The first-order valence-electron chi connectivity index (χ1n) is 4.60. The van der Waals surface area contributed by atoms with Gasteiger partial charge in [-0.2, -0.15) is 0 Å². The first-order valence-corrected chi connectivity index (χ1v) is 4.60. The molecule has 3 nitrogen and oxygen atoms in total. The van der Waals surface area contributed by atoms with Gasteiger partial charge in [0.25, 0.3) is 0 Å². The Balaban J connectivity index is 2.46. The van der Waals surface area contributed by atoms with Crippen LogP contribution >= 0.6 is 0 Å². The number of ether oxygens (including phenoxy) is 1. The average molecular weight is 193 g/mol. The Morgan fingerprint density at radius 3 is 2.43 bits per heavy atom. The van der Waals surface area contributed by atoms with Gasteiger partial charge in [-0.3, -0.25) is 4.79 Å². The van der Waals surface area contributed by atoms with E-state index in [1.54, 1.807) is 12.1 Å². The van der Waals surface area contributed by atoms with E-state index in [0.29, 0.717) is 12.3 Å². The van der Waals surface area contributed by atoms with Crippen LogP contribution in [-0.2, 0) is 16.1 Å². The Kier molecular flexibility index (Phi) is 3.51. The summed E-state index contributed by atoms with van der Waals surface area (Å²) in [5.41, 5.74) is 7.19. The van der Waals surface area contributed by atoms with Crippen LogP contribution in [0.3, 0.4) is 0 Å². The van der Waals surface area contributed by atoms with Gasteiger partial charge in [-0.25, -0.2) is 0 Å². The first kappa shape index (κ1) is 10.6. The van der Waals surface area contributed by atoms with Gasteiger partial charge in [0.05, 0.1) is 5.92 Å². The van der Waals surface area contributed by atoms with Crippen molar-refractivity contribution in [1.29, 1.82) is 0 Å². The third-order valence-electron chi connectivity index (χ3n) is 1.83. The molecule has 3 heteroatoms. The van der Waals surface area contributed by atoms with E-state index < -0.39 is 0 Å². The summed E-state index contributed by atoms with van der Waals surface area (Å²) in [6.45, 7) is 3.94. The summed E-state index contributed by atoms with van der Waals surface area (Å²) >= 11 is 0. The maximum atomic E-state index is 11.1. The van der Waals surface area contributed by atoms with Crippen molar-refractivity contribution in [2.24, 2.45) is 5.92 Å². The van der Waals surface area contributed by atoms with Crippen LogP contribution in [0, 0.1) is 5.92 Å². The van der Waals surface area contributed by atoms with Crippen molar-refractivity contribution in [2.75, 3.05) is 5.73 Å². The molecule has 0 unspecified atom stereocenters. The summed E-state index contributed by atoms with van der Waals surface area (Å²) in [4.78, 5) is 11.1. The second-order valence-corrected chi connectivity index (χ2v) is 3.50. The minimum atomic E-state index is -0.179. The molecule has 0 saturated carbocycles. The molecule has 0 saturated heterocycles. The summed E-state index contributed by atoms with van der Waals surface area (Å²) in [7, 11) is 0. The van der Waals surface area contributed by atoms with E-state index in [4.69, 9.17) is 10.5 Å². The number of esters is 1. The lowest BCUT2D eigenvalue weighted by Gasteiger charge is -2.06. The lowest BCUT2D eigenvalue weighted by Crippen LogP contribution is -2.11. The van der Waals surface area contributed by atoms with Crippen molar-refractivity contribution >= 4 is 11.7 Å². The minimum Gasteiger partial charge on any atom is -0.461 e. The fraction of sp³-hybridized carbons (Fsp3) is 0.364. The van der Waals surface area contributed by atoms with E-state index in [0.717, 1.165) is 5.56 Å². The molecule has 1 aromatic carbocycles. The zero-order chi connectivity index (χ0) is 10.6. The van der Waals surface area contributed by atoms with Gasteiger partial charge in [-0.05, 0) is 17.7 Å². The van der Waals surface area contributed by atoms with E-state index in [-0.39, 0.29) is 11.9 Å². The van der Waals surface area contributed by atoms with E-state index in [1.165, 1.54) is 0 Å². The molecule has 0 heterocycles. The van der Waals surface area contributed by atoms with Gasteiger partial charge in [0.15, 0.2) is 0 Å². The van der Waals surface area contributed by atoms with Crippen LogP contribution in [0.4, 0.5) is 5.69 Å². The Hall–Kier alpha value is -1.51. The Morgan fingerprint density at radius 2 is 1.93 bits per heavy atom. The third-order valence-corrected chi connectivity index (χ3v) is 1.83. The topological polar surface area (TPSA) is 52.3 Å². The molecule has 0 aliphatic carbocycles. The highest BCUT2D eigenvalue weighted by atomic mass is 16.5. The van der Waals surface area contributed by atoms with Crippen LogP contribution in [0.15, 0.2) is 24.3 Å². The number of benzene rings is 1. The fourth-order valence-corrected chi connectivity index (χ4v) is 0.935. The summed E-state index contributed by atoms with van der Waals surface area (Å²) in [6, 6.07) is 7.28. The highest BCUT2D eigenvalue weighted by Crippen LogP contribution is 2.07. The maximum absolute atomic E-state index is 11.1. The van der Waals surface area contributed by atoms with Crippen LogP contribution in [0.1, 0.15) is 19.4 Å². The number of hydrogen-bond donors (Lipinski definition) is 1. The van der Waals surface area contributed by atoms with Crippen molar-refractivity contribution < 1.29 is 9.53 Å². The van der Waals surface area contributed by atoms with Crippen LogP contribution in [0.5, 0.6) is 0 Å². The van der Waals surface area contributed by atoms with E-state index in [1.807, 2.05) is 26.0 Å². The molecule has 0 radical (unpaired) electrons. The highest BCUT2D eigenvalue weighted by Gasteiger charge is 2.07. The zero-order valence-corrected chi connectivity index (χ0v) is 8.49. The number of nitrogen functional groups attached to an aromatic ring is 1. The van der Waals surface area contributed by atoms with Gasteiger partial charge in [0.1, 0.15) is 6.61 Å². The van der Waals surface area contributed by atoms with Crippen LogP contribution in [0.2, 0.25) is 0 Å². The second-order valence-electron chi connectivity index (χ2n) is 3.50. The molecule has 1 rings (SSSR count). The zero-order valence-electron chi connectivity index (χ0n) is 8.49. The molecule has 76 valence electrons. The van der Waals surface area contributed by atoms with Crippen molar-refractivity contribution in [2.45, 2.75) is 20.5 Å². The molecule has 0 spiro atoms. The number of nitrogens with two attached hydrogens (primary N) is 1. The minimum absolute atomic E-state index is 0.0798. The molecule has 0 aliphatic rings. The lowest BCUT2D eigenvalue weighted by atomic mass is 10.2. The summed E-state index contributed by atoms with van der Waals surface area (Å²) in [5, 5.41) is 0. The molecule has 0 aromatic heterocycles. The van der Waals surface area contributed by atoms with Crippen molar-refractivity contribution in [1.82, 2.24) is 0 Å². The molecule has 0 bridgehead atoms. The number of hydrogen-bond acceptors (Lipinski definition) is 3. The Morgan fingerprint density at radius 1 is 1.36 bits per heavy atom. The van der Waals surface area contributed by atoms with Crippen LogP contribution in [0.25, 0.3) is 0 Å². The molecule has 0 fully saturated rings. The SMILES string of the molecule is CC(C)C(=O)OCc1ccc(N)cc1. The standard InChI is InChI=1S/C11H15NO2/c1-8(2)11(13)14-7-9-3-5-10(12)6-4-9/h3-6,8H,7,12H2,1-2H3. The molecule has 0 aliphatic heterocycles. The van der Waals surface area contributed by atoms with Gasteiger partial charge in [-0.1, -0.05) is 26.0 Å². The number of anilines is 1. The van der Waals surface area contributed by atoms with Crippen LogP contribution < -0.4 is 5.73 Å². The molecular formula is C11H15NO2. The predicted octanol–water partition coefficient (Wildman–Crippen LogP) is 1.97. The van der Waals surface area contributed by atoms with E-state index in [9.17, 15) is 4.79 Å². The van der Waals surface area contributed by atoms with Gasteiger partial charge in [0, 0.05) is 5.69 Å². The fourth-order valence-electron chi connectivity index (χ4n) is 0.935. The van der Waals surface area contributed by atoms with Gasteiger partial charge in [0.2, 0.25) is 0 Å². The van der Waals surface area contributed by atoms with Gasteiger partial charge in [-0.15, -0.1) is 0 Å². The monoisotopic (exact) mass is 193 g/mol. The quantitative estimate of drug-likeness (QED) is 0.589. The second kappa shape index (κ2) is 4.65. The number of rotatable bonds is 3. The van der Waals surface area contributed by atoms with Crippen molar-refractivity contribution in [3.8, 4) is 0 Å². The third kappa shape index (κ3) is 3.09. The Labute approximate surface area is 83.9 Å². The maximum Gasteiger partial charge on any atom is 0.308 e.